The summed E-state index contributed by atoms with van der Waals surface area (Å²) in [5.74, 6) is 0. The molecule has 1 fully saturated rings. The van der Waals surface area contributed by atoms with Crippen LogP contribution in [-0.2, 0) is 0 Å². The molecule has 1 atom stereocenters. The fourth-order valence-electron chi connectivity index (χ4n) is 3.34. The van der Waals surface area contributed by atoms with E-state index in [1.165, 1.54) is 35.6 Å². The van der Waals surface area contributed by atoms with Gasteiger partial charge in [0.15, 0.2) is 0 Å². The van der Waals surface area contributed by atoms with E-state index in [-0.39, 0.29) is 0 Å². The zero-order valence-corrected chi connectivity index (χ0v) is 13.2. The first-order valence-electron chi connectivity index (χ1n) is 8.21. The van der Waals surface area contributed by atoms with Crippen molar-refractivity contribution in [3.63, 3.8) is 0 Å². The van der Waals surface area contributed by atoms with E-state index >= 15 is 0 Å². The van der Waals surface area contributed by atoms with Crippen LogP contribution in [0.1, 0.15) is 37.8 Å². The number of hydrogen-bond donors (Lipinski definition) is 1. The Morgan fingerprint density at radius 2 is 1.90 bits per heavy atom. The van der Waals surface area contributed by atoms with Gasteiger partial charge in [0.1, 0.15) is 0 Å². The number of hydrogen-bond acceptors (Lipinski definition) is 2. The molecule has 1 aliphatic rings. The van der Waals surface area contributed by atoms with Crippen LogP contribution < -0.4 is 5.32 Å². The van der Waals surface area contributed by atoms with Gasteiger partial charge >= 0.3 is 0 Å². The molecule has 1 saturated carbocycles. The van der Waals surface area contributed by atoms with Crippen LogP contribution in [0.15, 0.2) is 42.5 Å². The van der Waals surface area contributed by atoms with Crippen molar-refractivity contribution in [2.24, 2.45) is 0 Å². The van der Waals surface area contributed by atoms with Gasteiger partial charge in [-0.25, -0.2) is 0 Å². The molecule has 2 heteroatoms. The molecular weight excluding hydrogens is 256 g/mol. The van der Waals surface area contributed by atoms with E-state index in [4.69, 9.17) is 0 Å². The van der Waals surface area contributed by atoms with Crippen LogP contribution in [0.25, 0.3) is 10.8 Å². The van der Waals surface area contributed by atoms with E-state index in [1.54, 1.807) is 0 Å². The highest BCUT2D eigenvalue weighted by Crippen LogP contribution is 2.28. The van der Waals surface area contributed by atoms with E-state index in [2.05, 4.69) is 66.7 Å². The van der Waals surface area contributed by atoms with Crippen molar-refractivity contribution in [2.45, 2.75) is 38.3 Å². The lowest BCUT2D eigenvalue weighted by Gasteiger charge is -2.37. The molecule has 0 radical (unpaired) electrons. The molecule has 112 valence electrons. The lowest BCUT2D eigenvalue weighted by atomic mass is 9.91. The summed E-state index contributed by atoms with van der Waals surface area (Å²) in [6.07, 6.45) is 4.13. The molecule has 0 aromatic heterocycles. The fourth-order valence-corrected chi connectivity index (χ4v) is 3.34. The summed E-state index contributed by atoms with van der Waals surface area (Å²) in [5, 5.41) is 6.40. The smallest absolute Gasteiger partial charge is 0.0455 e. The lowest BCUT2D eigenvalue weighted by molar-refractivity contribution is 0.146. The first-order valence-corrected chi connectivity index (χ1v) is 8.21. The number of likely N-dealkylation sites (N-methyl/N-ethyl adjacent to an activating group) is 2. The van der Waals surface area contributed by atoms with E-state index in [0.29, 0.717) is 6.04 Å². The third-order valence-corrected chi connectivity index (χ3v) is 4.82. The highest BCUT2D eigenvalue weighted by Gasteiger charge is 2.24. The third-order valence-electron chi connectivity index (χ3n) is 4.82. The summed E-state index contributed by atoms with van der Waals surface area (Å²) < 4.78 is 0. The van der Waals surface area contributed by atoms with Gasteiger partial charge in [-0.05, 0) is 42.8 Å². The summed E-state index contributed by atoms with van der Waals surface area (Å²) in [4.78, 5) is 2.54. The fraction of sp³-hybridized carbons (Fsp3) is 0.474. The summed E-state index contributed by atoms with van der Waals surface area (Å²) >= 11 is 0. The minimum absolute atomic E-state index is 0.409. The molecular formula is C19H26N2. The largest absolute Gasteiger partial charge is 0.309 e. The molecule has 21 heavy (non-hydrogen) atoms. The van der Waals surface area contributed by atoms with Crippen LogP contribution >= 0.6 is 0 Å². The van der Waals surface area contributed by atoms with Gasteiger partial charge in [0.25, 0.3) is 0 Å². The second-order valence-corrected chi connectivity index (χ2v) is 6.20. The topological polar surface area (TPSA) is 15.3 Å². The Morgan fingerprint density at radius 3 is 2.62 bits per heavy atom. The van der Waals surface area contributed by atoms with Gasteiger partial charge in [0, 0.05) is 18.6 Å². The van der Waals surface area contributed by atoms with Gasteiger partial charge < -0.3 is 10.2 Å². The normalized spacial score (nSPS) is 17.1. The van der Waals surface area contributed by atoms with Gasteiger partial charge in [-0.3, -0.25) is 0 Å². The number of benzene rings is 2. The molecule has 1 unspecified atom stereocenters. The Bertz CT molecular complexity index is 584. The molecule has 1 aliphatic carbocycles. The minimum atomic E-state index is 0.409. The van der Waals surface area contributed by atoms with Crippen molar-refractivity contribution in [3.05, 3.63) is 48.0 Å². The molecule has 2 aromatic carbocycles. The highest BCUT2D eigenvalue weighted by molar-refractivity contribution is 5.86. The average Bonchev–Trinajstić information content (AvgIpc) is 2.44. The Hall–Kier alpha value is -1.38. The summed E-state index contributed by atoms with van der Waals surface area (Å²) in [5.41, 5.74) is 1.43. The predicted molar refractivity (Wildman–Crippen MR) is 90.6 cm³/mol. The molecule has 0 bridgehead atoms. The third kappa shape index (κ3) is 3.12. The van der Waals surface area contributed by atoms with Gasteiger partial charge in [0.05, 0.1) is 0 Å². The maximum absolute atomic E-state index is 3.68. The van der Waals surface area contributed by atoms with Gasteiger partial charge in [0.2, 0.25) is 0 Å². The van der Waals surface area contributed by atoms with Crippen LogP contribution in [0.5, 0.6) is 0 Å². The zero-order valence-electron chi connectivity index (χ0n) is 13.2. The lowest BCUT2D eigenvalue weighted by Crippen LogP contribution is -2.42. The number of rotatable bonds is 6. The van der Waals surface area contributed by atoms with Gasteiger partial charge in [-0.15, -0.1) is 0 Å². The van der Waals surface area contributed by atoms with Crippen molar-refractivity contribution < 1.29 is 0 Å². The highest BCUT2D eigenvalue weighted by atomic mass is 15.2. The van der Waals surface area contributed by atoms with Crippen LogP contribution in [0.3, 0.4) is 0 Å². The first kappa shape index (κ1) is 14.6. The second-order valence-electron chi connectivity index (χ2n) is 6.20. The van der Waals surface area contributed by atoms with Crippen molar-refractivity contribution >= 4 is 10.8 Å². The molecule has 0 amide bonds. The second kappa shape index (κ2) is 6.59. The first-order chi connectivity index (χ1) is 10.3. The predicted octanol–water partition coefficient (Wildman–Crippen LogP) is 3.97. The number of nitrogens with one attached hydrogen (secondary N) is 1. The van der Waals surface area contributed by atoms with E-state index in [0.717, 1.165) is 19.1 Å². The average molecular weight is 282 g/mol. The minimum Gasteiger partial charge on any atom is -0.309 e. The van der Waals surface area contributed by atoms with E-state index in [1.807, 2.05) is 0 Å². The zero-order chi connectivity index (χ0) is 14.7. The molecule has 0 aliphatic heterocycles. The van der Waals surface area contributed by atoms with E-state index < -0.39 is 0 Å². The quantitative estimate of drug-likeness (QED) is 0.862. The van der Waals surface area contributed by atoms with E-state index in [9.17, 15) is 0 Å². The summed E-state index contributed by atoms with van der Waals surface area (Å²) in [6.45, 7) is 4.29. The molecule has 3 rings (SSSR count). The number of nitrogens with zero attached hydrogens (tertiary/aromatic N) is 1. The molecule has 0 heterocycles. The van der Waals surface area contributed by atoms with Gasteiger partial charge in [-0.1, -0.05) is 55.8 Å². The Morgan fingerprint density at radius 1 is 1.14 bits per heavy atom. The number of fused-ring (bicyclic) bond motifs is 1. The standard InChI is InChI=1S/C19H26N2/c1-3-20-19(14-21(2)16-10-7-11-16)18-13-6-9-15-8-4-5-12-17(15)18/h4-6,8-9,12-13,16,19-20H,3,7,10-11,14H2,1-2H3. The monoisotopic (exact) mass is 282 g/mol. The van der Waals surface area contributed by atoms with Crippen molar-refractivity contribution in [3.8, 4) is 0 Å². The Labute approximate surface area is 128 Å². The molecule has 0 spiro atoms. The molecule has 0 saturated heterocycles. The van der Waals surface area contributed by atoms with Crippen molar-refractivity contribution in [2.75, 3.05) is 20.1 Å². The van der Waals surface area contributed by atoms with Crippen molar-refractivity contribution in [1.29, 1.82) is 0 Å². The van der Waals surface area contributed by atoms with Crippen molar-refractivity contribution in [1.82, 2.24) is 10.2 Å². The Kier molecular flexibility index (Phi) is 4.57. The maximum Gasteiger partial charge on any atom is 0.0455 e. The Balaban J connectivity index is 1.87. The van der Waals surface area contributed by atoms with Crippen LogP contribution in [0, 0.1) is 0 Å². The molecule has 2 aromatic rings. The van der Waals surface area contributed by atoms with Crippen LogP contribution in [0.4, 0.5) is 0 Å². The summed E-state index contributed by atoms with van der Waals surface area (Å²) in [7, 11) is 2.28. The van der Waals surface area contributed by atoms with Gasteiger partial charge in [-0.2, -0.15) is 0 Å². The maximum atomic E-state index is 3.68. The van der Waals surface area contributed by atoms with Crippen LogP contribution in [0.2, 0.25) is 0 Å². The molecule has 1 N–H and O–H groups in total. The SMILES string of the molecule is CCNC(CN(C)C1CCC1)c1cccc2ccccc12. The molecule has 2 nitrogen and oxygen atoms in total. The van der Waals surface area contributed by atoms with Crippen LogP contribution in [-0.4, -0.2) is 31.1 Å². The summed E-state index contributed by atoms with van der Waals surface area (Å²) in [6, 6.07) is 16.6.